The highest BCUT2D eigenvalue weighted by Gasteiger charge is 2.27. The normalized spacial score (nSPS) is 15.3. The van der Waals surface area contributed by atoms with Crippen molar-refractivity contribution >= 4 is 34.3 Å². The second kappa shape index (κ2) is 6.23. The third-order valence-corrected chi connectivity index (χ3v) is 4.96. The molecule has 2 aromatic carbocycles. The Kier molecular flexibility index (Phi) is 3.67. The van der Waals surface area contributed by atoms with Crippen LogP contribution < -0.4 is 16.1 Å². The summed E-state index contributed by atoms with van der Waals surface area (Å²) in [6, 6.07) is 14.9. The van der Waals surface area contributed by atoms with Gasteiger partial charge in [0.25, 0.3) is 11.5 Å². The van der Waals surface area contributed by atoms with Crippen molar-refractivity contribution in [1.29, 1.82) is 0 Å². The zero-order chi connectivity index (χ0) is 20.1. The molecule has 0 unspecified atom stereocenters. The highest BCUT2D eigenvalue weighted by atomic mass is 16.2. The molecule has 0 saturated carbocycles. The molecule has 0 saturated heterocycles. The molecule has 1 aliphatic rings. The van der Waals surface area contributed by atoms with Crippen LogP contribution in [0.25, 0.3) is 11.2 Å². The van der Waals surface area contributed by atoms with E-state index in [1.54, 1.807) is 23.6 Å². The van der Waals surface area contributed by atoms with E-state index in [4.69, 9.17) is 0 Å². The van der Waals surface area contributed by atoms with Crippen LogP contribution in [0, 0.1) is 13.8 Å². The number of carbonyl (C=O) groups is 1. The maximum Gasteiger partial charge on any atom is 0.274 e. The Balaban J connectivity index is 1.71. The van der Waals surface area contributed by atoms with Crippen LogP contribution in [0.2, 0.25) is 0 Å². The van der Waals surface area contributed by atoms with Crippen molar-refractivity contribution in [3.63, 3.8) is 0 Å². The lowest BCUT2D eigenvalue weighted by atomic mass is 10.1. The number of hydrogen-bond donors (Lipinski definition) is 2. The molecular formula is C21H16N6O2. The van der Waals surface area contributed by atoms with Crippen molar-refractivity contribution < 1.29 is 4.79 Å². The number of aromatic nitrogens is 3. The van der Waals surface area contributed by atoms with Gasteiger partial charge < -0.3 is 5.32 Å². The molecule has 0 aliphatic carbocycles. The SMILES string of the molecule is Cc1ccc(N=Nc2nc3/c(=C4\C(=O)Nc5ccccc54)c(=O)[nH]n3c2C)cc1. The third-order valence-electron chi connectivity index (χ3n) is 4.96. The Bertz CT molecular complexity index is 1430. The fourth-order valence-corrected chi connectivity index (χ4v) is 3.46. The number of amides is 1. The van der Waals surface area contributed by atoms with Crippen molar-refractivity contribution in [3.05, 3.63) is 80.9 Å². The van der Waals surface area contributed by atoms with Crippen LogP contribution in [-0.2, 0) is 4.79 Å². The fourth-order valence-electron chi connectivity index (χ4n) is 3.46. The molecule has 2 N–H and O–H groups in total. The monoisotopic (exact) mass is 384 g/mol. The lowest BCUT2D eigenvalue weighted by Gasteiger charge is -1.94. The molecule has 142 valence electrons. The molecule has 4 aromatic rings. The molecule has 0 bridgehead atoms. The van der Waals surface area contributed by atoms with E-state index in [0.717, 1.165) is 5.56 Å². The maximum absolute atomic E-state index is 12.6. The molecular weight excluding hydrogens is 368 g/mol. The number of nitrogens with zero attached hydrogens (tertiary/aromatic N) is 4. The number of benzene rings is 2. The number of imidazole rings is 1. The van der Waals surface area contributed by atoms with Crippen LogP contribution >= 0.6 is 0 Å². The van der Waals surface area contributed by atoms with Crippen molar-refractivity contribution in [2.75, 3.05) is 5.32 Å². The first-order valence-electron chi connectivity index (χ1n) is 9.07. The summed E-state index contributed by atoms with van der Waals surface area (Å²) in [6.07, 6.45) is 0. The summed E-state index contributed by atoms with van der Waals surface area (Å²) in [5.74, 6) is 0.0543. The van der Waals surface area contributed by atoms with E-state index in [1.807, 2.05) is 43.3 Å². The van der Waals surface area contributed by atoms with Crippen molar-refractivity contribution in [2.24, 2.45) is 10.2 Å². The zero-order valence-electron chi connectivity index (χ0n) is 15.7. The van der Waals surface area contributed by atoms with Crippen LogP contribution in [0.3, 0.4) is 0 Å². The Morgan fingerprint density at radius 1 is 0.966 bits per heavy atom. The first kappa shape index (κ1) is 17.1. The number of H-pyrrole nitrogens is 1. The molecule has 1 amide bonds. The standard InChI is InChI=1S/C21H16N6O2/c1-11-7-9-13(10-8-11)24-25-18-12(2)27-19(23-18)17(21(29)26-27)16-14-5-3-4-6-15(14)22-20(16)28/h3-10H,1-2H3,(H,22,28)(H,26,29)/b17-16+,25-24?. The van der Waals surface area contributed by atoms with Gasteiger partial charge in [-0.15, -0.1) is 10.2 Å². The molecule has 1 aliphatic heterocycles. The van der Waals surface area contributed by atoms with E-state index < -0.39 is 0 Å². The maximum atomic E-state index is 12.6. The van der Waals surface area contributed by atoms with Crippen LogP contribution in [0.4, 0.5) is 17.2 Å². The number of aromatic amines is 1. The van der Waals surface area contributed by atoms with Crippen LogP contribution in [-0.4, -0.2) is 20.5 Å². The van der Waals surface area contributed by atoms with Gasteiger partial charge in [-0.05, 0) is 32.0 Å². The summed E-state index contributed by atoms with van der Waals surface area (Å²) in [5, 5.41) is 14.2. The van der Waals surface area contributed by atoms with Crippen LogP contribution in [0.15, 0.2) is 63.6 Å². The van der Waals surface area contributed by atoms with Gasteiger partial charge in [0.15, 0.2) is 11.5 Å². The van der Waals surface area contributed by atoms with E-state index in [9.17, 15) is 9.59 Å². The average molecular weight is 384 g/mol. The number of rotatable bonds is 2. The highest BCUT2D eigenvalue weighted by molar-refractivity contribution is 6.31. The van der Waals surface area contributed by atoms with Crippen molar-refractivity contribution in [1.82, 2.24) is 14.6 Å². The molecule has 0 radical (unpaired) electrons. The minimum absolute atomic E-state index is 0.229. The van der Waals surface area contributed by atoms with Crippen LogP contribution in [0.5, 0.6) is 0 Å². The van der Waals surface area contributed by atoms with Gasteiger partial charge in [0.2, 0.25) is 0 Å². The van der Waals surface area contributed by atoms with Crippen LogP contribution in [0.1, 0.15) is 16.8 Å². The van der Waals surface area contributed by atoms with E-state index in [2.05, 4.69) is 25.6 Å². The molecule has 3 heterocycles. The number of anilines is 1. The number of para-hydroxylation sites is 1. The molecule has 8 nitrogen and oxygen atoms in total. The average Bonchev–Trinajstić information content (AvgIpc) is 3.31. The lowest BCUT2D eigenvalue weighted by Crippen LogP contribution is -2.27. The highest BCUT2D eigenvalue weighted by Crippen LogP contribution is 2.29. The van der Waals surface area contributed by atoms with Gasteiger partial charge in [-0.25, -0.2) is 9.50 Å². The topological polar surface area (TPSA) is 104 Å². The fraction of sp³-hybridized carbons (Fsp3) is 0.0952. The smallest absolute Gasteiger partial charge is 0.274 e. The Hall–Kier alpha value is -4.07. The summed E-state index contributed by atoms with van der Waals surface area (Å²) in [6.45, 7) is 3.79. The molecule has 29 heavy (non-hydrogen) atoms. The van der Waals surface area contributed by atoms with Crippen molar-refractivity contribution in [3.8, 4) is 0 Å². The zero-order valence-corrected chi connectivity index (χ0v) is 15.7. The van der Waals surface area contributed by atoms with E-state index in [-0.39, 0.29) is 16.7 Å². The largest absolute Gasteiger partial charge is 0.321 e. The Morgan fingerprint density at radius 3 is 2.52 bits per heavy atom. The van der Waals surface area contributed by atoms with Gasteiger partial charge in [0.05, 0.1) is 22.2 Å². The first-order chi connectivity index (χ1) is 14.0. The minimum Gasteiger partial charge on any atom is -0.321 e. The number of nitrogens with one attached hydrogen (secondary N) is 2. The second-order valence-corrected chi connectivity index (χ2v) is 6.91. The van der Waals surface area contributed by atoms with Gasteiger partial charge in [0, 0.05) is 11.3 Å². The number of carbonyl (C=O) groups excluding carboxylic acids is 1. The van der Waals surface area contributed by atoms with Gasteiger partial charge >= 0.3 is 0 Å². The summed E-state index contributed by atoms with van der Waals surface area (Å²) >= 11 is 0. The van der Waals surface area contributed by atoms with Gasteiger partial charge in [0.1, 0.15) is 0 Å². The Labute approximate surface area is 164 Å². The number of hydrogen-bond acceptors (Lipinski definition) is 5. The predicted octanol–water partition coefficient (Wildman–Crippen LogP) is 2.92. The second-order valence-electron chi connectivity index (χ2n) is 6.91. The molecule has 0 atom stereocenters. The summed E-state index contributed by atoms with van der Waals surface area (Å²) in [7, 11) is 0. The molecule has 8 heteroatoms. The van der Waals surface area contributed by atoms with Gasteiger partial charge in [-0.2, -0.15) is 0 Å². The Morgan fingerprint density at radius 2 is 1.72 bits per heavy atom. The predicted molar refractivity (Wildman–Crippen MR) is 109 cm³/mol. The van der Waals surface area contributed by atoms with Crippen molar-refractivity contribution in [2.45, 2.75) is 13.8 Å². The minimum atomic E-state index is -0.375. The molecule has 0 spiro atoms. The molecule has 5 rings (SSSR count). The summed E-state index contributed by atoms with van der Waals surface area (Å²) in [5.41, 5.74) is 4.11. The van der Waals surface area contributed by atoms with Gasteiger partial charge in [-0.1, -0.05) is 35.9 Å². The lowest BCUT2D eigenvalue weighted by molar-refractivity contribution is -0.110. The quantitative estimate of drug-likeness (QED) is 0.519. The first-order valence-corrected chi connectivity index (χ1v) is 9.07. The summed E-state index contributed by atoms with van der Waals surface area (Å²) < 4.78 is 1.54. The van der Waals surface area contributed by atoms with E-state index in [1.165, 1.54) is 0 Å². The number of fused-ring (bicyclic) bond motifs is 2. The van der Waals surface area contributed by atoms with E-state index >= 15 is 0 Å². The summed E-state index contributed by atoms with van der Waals surface area (Å²) in [4.78, 5) is 29.7. The van der Waals surface area contributed by atoms with E-state index in [0.29, 0.717) is 39.7 Å². The molecule has 0 fully saturated rings. The number of aryl methyl sites for hydroxylation is 2. The third kappa shape index (κ3) is 2.65. The van der Waals surface area contributed by atoms with Gasteiger partial charge in [-0.3, -0.25) is 14.7 Å². The molecule has 2 aromatic heterocycles. The number of azo groups is 1.